The van der Waals surface area contributed by atoms with Gasteiger partial charge in [0.2, 0.25) is 0 Å². The molecular weight excluding hydrogens is 462 g/mol. The smallest absolute Gasteiger partial charge is 0.282 e. The van der Waals surface area contributed by atoms with Gasteiger partial charge in [-0.15, -0.1) is 12.4 Å². The highest BCUT2D eigenvalue weighted by atomic mass is 35.5. The number of hydrazone groups is 1. The monoisotopic (exact) mass is 484 g/mol. The maximum atomic E-state index is 13.5. The molecule has 9 heteroatoms. The molecule has 166 valence electrons. The Labute approximate surface area is 197 Å². The fourth-order valence-corrected chi connectivity index (χ4v) is 4.55. The lowest BCUT2D eigenvalue weighted by molar-refractivity contribution is -0.120. The second-order valence-corrected chi connectivity index (χ2v) is 8.54. The van der Waals surface area contributed by atoms with Crippen molar-refractivity contribution < 1.29 is 9.18 Å². The topological polar surface area (TPSA) is 47.9 Å². The summed E-state index contributed by atoms with van der Waals surface area (Å²) in [5.41, 5.74) is 4.90. The van der Waals surface area contributed by atoms with Crippen molar-refractivity contribution in [2.45, 2.75) is 32.2 Å². The Morgan fingerprint density at radius 1 is 1.10 bits per heavy atom. The average Bonchev–Trinajstić information content (AvgIpc) is 3.06. The Morgan fingerprint density at radius 3 is 2.42 bits per heavy atom. The van der Waals surface area contributed by atoms with Gasteiger partial charge in [0.15, 0.2) is 0 Å². The van der Waals surface area contributed by atoms with Gasteiger partial charge < -0.3 is 0 Å². The third-order valence-electron chi connectivity index (χ3n) is 5.60. The molecule has 0 aliphatic carbocycles. The van der Waals surface area contributed by atoms with Gasteiger partial charge >= 0.3 is 0 Å². The van der Waals surface area contributed by atoms with Crippen molar-refractivity contribution in [1.29, 1.82) is 0 Å². The number of piperidine rings is 1. The third-order valence-corrected chi connectivity index (χ3v) is 6.14. The van der Waals surface area contributed by atoms with E-state index in [4.69, 9.17) is 23.2 Å². The molecule has 5 nitrogen and oxygen atoms in total. The van der Waals surface area contributed by atoms with E-state index >= 15 is 0 Å². The normalized spacial score (nSPS) is 21.4. The maximum absolute atomic E-state index is 13.5. The third kappa shape index (κ3) is 5.14. The number of hydrazine groups is 1. The number of anilines is 1. The van der Waals surface area contributed by atoms with Crippen LogP contribution in [0.2, 0.25) is 10.0 Å². The van der Waals surface area contributed by atoms with E-state index in [9.17, 15) is 9.18 Å². The second kappa shape index (κ2) is 10.2. The first kappa shape index (κ1) is 23.8. The minimum Gasteiger partial charge on any atom is -0.284 e. The molecule has 0 aromatic heterocycles. The van der Waals surface area contributed by atoms with Crippen molar-refractivity contribution in [2.75, 3.05) is 18.1 Å². The van der Waals surface area contributed by atoms with Crippen LogP contribution in [0.4, 0.5) is 10.1 Å². The van der Waals surface area contributed by atoms with Gasteiger partial charge in [-0.2, -0.15) is 5.10 Å². The van der Waals surface area contributed by atoms with Gasteiger partial charge in [-0.1, -0.05) is 48.7 Å². The van der Waals surface area contributed by atoms with Crippen LogP contribution in [0.3, 0.4) is 0 Å². The Bertz CT molecular complexity index is 964. The molecule has 2 aromatic carbocycles. The van der Waals surface area contributed by atoms with Crippen LogP contribution in [0, 0.1) is 11.7 Å². The van der Waals surface area contributed by atoms with Crippen molar-refractivity contribution in [1.82, 2.24) is 10.4 Å². The van der Waals surface area contributed by atoms with E-state index in [1.54, 1.807) is 35.3 Å². The quantitative estimate of drug-likeness (QED) is 0.611. The molecule has 0 spiro atoms. The Kier molecular flexibility index (Phi) is 7.81. The SMILES string of the molecule is CC1C(C(=O)NN2CCCCC2)=NN(c2ccc(Cl)cc2Cl)C1c1ccc(F)cc1.Cl. The Hall–Kier alpha value is -1.86. The highest BCUT2D eigenvalue weighted by Gasteiger charge is 2.40. The van der Waals surface area contributed by atoms with Gasteiger partial charge in [0.25, 0.3) is 5.91 Å². The van der Waals surface area contributed by atoms with Crippen LogP contribution in [0.25, 0.3) is 0 Å². The number of nitrogens with zero attached hydrogens (tertiary/aromatic N) is 3. The van der Waals surface area contributed by atoms with E-state index in [1.807, 2.05) is 11.9 Å². The predicted molar refractivity (Wildman–Crippen MR) is 125 cm³/mol. The summed E-state index contributed by atoms with van der Waals surface area (Å²) >= 11 is 12.5. The van der Waals surface area contributed by atoms with Gasteiger partial charge in [0, 0.05) is 24.0 Å². The van der Waals surface area contributed by atoms with E-state index in [-0.39, 0.29) is 36.1 Å². The molecule has 2 aliphatic rings. The number of benzene rings is 2. The largest absolute Gasteiger partial charge is 0.284 e. The molecule has 1 amide bonds. The molecule has 31 heavy (non-hydrogen) atoms. The molecule has 0 radical (unpaired) electrons. The first-order valence-corrected chi connectivity index (χ1v) is 10.8. The first-order chi connectivity index (χ1) is 14.4. The molecule has 0 bridgehead atoms. The van der Waals surface area contributed by atoms with E-state index in [1.165, 1.54) is 18.6 Å². The molecule has 2 heterocycles. The molecule has 1 saturated heterocycles. The van der Waals surface area contributed by atoms with E-state index in [0.717, 1.165) is 31.5 Å². The molecular formula is C22H24Cl3FN4O. The van der Waals surface area contributed by atoms with Gasteiger partial charge in [-0.3, -0.25) is 15.2 Å². The van der Waals surface area contributed by atoms with Crippen molar-refractivity contribution in [3.8, 4) is 0 Å². The number of halogens is 4. The number of carbonyl (C=O) groups is 1. The van der Waals surface area contributed by atoms with Crippen molar-refractivity contribution in [2.24, 2.45) is 11.0 Å². The number of carbonyl (C=O) groups excluding carboxylic acids is 1. The molecule has 1 N–H and O–H groups in total. The van der Waals surface area contributed by atoms with E-state index in [2.05, 4.69) is 10.5 Å². The van der Waals surface area contributed by atoms with Crippen LogP contribution in [-0.4, -0.2) is 29.7 Å². The van der Waals surface area contributed by atoms with Gasteiger partial charge in [0.05, 0.1) is 16.8 Å². The second-order valence-electron chi connectivity index (χ2n) is 7.70. The molecule has 2 aromatic rings. The first-order valence-electron chi connectivity index (χ1n) is 10.1. The summed E-state index contributed by atoms with van der Waals surface area (Å²) in [4.78, 5) is 13.0. The standard InChI is InChI=1S/C22H23Cl2FN4O.ClH/c1-14-20(22(30)27-28-11-3-2-4-12-28)26-29(19-10-7-16(23)13-18(19)24)21(14)15-5-8-17(25)9-6-15;/h5-10,13-14,21H,2-4,11-12H2,1H3,(H,27,30);1H. The summed E-state index contributed by atoms with van der Waals surface area (Å²) < 4.78 is 13.5. The zero-order chi connectivity index (χ0) is 21.3. The summed E-state index contributed by atoms with van der Waals surface area (Å²) in [6, 6.07) is 11.1. The highest BCUT2D eigenvalue weighted by Crippen LogP contribution is 2.42. The molecule has 0 saturated carbocycles. The number of amides is 1. The number of hydrogen-bond acceptors (Lipinski definition) is 4. The fourth-order valence-electron chi connectivity index (χ4n) is 4.05. The predicted octanol–water partition coefficient (Wildman–Crippen LogP) is 5.62. The average molecular weight is 486 g/mol. The lowest BCUT2D eigenvalue weighted by Crippen LogP contribution is -2.48. The zero-order valence-electron chi connectivity index (χ0n) is 17.0. The lowest BCUT2D eigenvalue weighted by atomic mass is 9.91. The number of rotatable bonds is 4. The fraction of sp³-hybridized carbons (Fsp3) is 0.364. The van der Waals surface area contributed by atoms with Crippen LogP contribution in [-0.2, 0) is 4.79 Å². The summed E-state index contributed by atoms with van der Waals surface area (Å²) in [5, 5.41) is 9.30. The summed E-state index contributed by atoms with van der Waals surface area (Å²) in [6.45, 7) is 3.62. The molecule has 4 rings (SSSR count). The molecule has 2 aliphatic heterocycles. The minimum atomic E-state index is -0.315. The van der Waals surface area contributed by atoms with Gasteiger partial charge in [0.1, 0.15) is 11.5 Å². The zero-order valence-corrected chi connectivity index (χ0v) is 19.4. The minimum absolute atomic E-state index is 0. The summed E-state index contributed by atoms with van der Waals surface area (Å²) in [5.74, 6) is -0.763. The summed E-state index contributed by atoms with van der Waals surface area (Å²) in [7, 11) is 0. The van der Waals surface area contributed by atoms with Gasteiger partial charge in [-0.05, 0) is 48.7 Å². The van der Waals surface area contributed by atoms with Crippen LogP contribution in [0.1, 0.15) is 37.8 Å². The Morgan fingerprint density at radius 2 is 1.77 bits per heavy atom. The molecule has 2 unspecified atom stereocenters. The van der Waals surface area contributed by atoms with Crippen LogP contribution >= 0.6 is 35.6 Å². The van der Waals surface area contributed by atoms with Crippen molar-refractivity contribution in [3.05, 3.63) is 63.9 Å². The summed E-state index contributed by atoms with van der Waals surface area (Å²) in [6.07, 6.45) is 3.30. The lowest BCUT2D eigenvalue weighted by Gasteiger charge is -2.28. The number of hydrogen-bond donors (Lipinski definition) is 1. The van der Waals surface area contributed by atoms with Crippen LogP contribution in [0.15, 0.2) is 47.6 Å². The van der Waals surface area contributed by atoms with Crippen LogP contribution in [0.5, 0.6) is 0 Å². The maximum Gasteiger partial charge on any atom is 0.282 e. The van der Waals surface area contributed by atoms with Crippen LogP contribution < -0.4 is 10.4 Å². The van der Waals surface area contributed by atoms with Crippen molar-refractivity contribution >= 4 is 52.9 Å². The molecule has 1 fully saturated rings. The number of nitrogens with one attached hydrogen (secondary N) is 1. The highest BCUT2D eigenvalue weighted by molar-refractivity contribution is 6.41. The van der Waals surface area contributed by atoms with Crippen molar-refractivity contribution in [3.63, 3.8) is 0 Å². The Balaban J connectivity index is 0.00000272. The van der Waals surface area contributed by atoms with E-state index < -0.39 is 0 Å². The van der Waals surface area contributed by atoms with E-state index in [0.29, 0.717) is 21.4 Å². The van der Waals surface area contributed by atoms with Gasteiger partial charge in [-0.25, -0.2) is 9.40 Å². The molecule has 2 atom stereocenters.